The molecular formula is C20H22N4O2. The minimum absolute atomic E-state index is 0.0975. The second-order valence-electron chi connectivity index (χ2n) is 6.73. The maximum Gasteiger partial charge on any atom is 0.283 e. The van der Waals surface area contributed by atoms with Crippen molar-refractivity contribution in [2.45, 2.75) is 33.9 Å². The van der Waals surface area contributed by atoms with Gasteiger partial charge in [-0.1, -0.05) is 38.1 Å². The van der Waals surface area contributed by atoms with Crippen LogP contribution in [-0.4, -0.2) is 20.4 Å². The Bertz CT molecular complexity index is 1010. The molecular weight excluding hydrogens is 328 g/mol. The van der Waals surface area contributed by atoms with E-state index in [1.165, 1.54) is 4.57 Å². The fourth-order valence-corrected chi connectivity index (χ4v) is 2.83. The van der Waals surface area contributed by atoms with Crippen LogP contribution in [0.15, 0.2) is 47.4 Å². The average molecular weight is 350 g/mol. The van der Waals surface area contributed by atoms with Gasteiger partial charge in [0.1, 0.15) is 5.52 Å². The molecule has 0 saturated heterocycles. The Hall–Kier alpha value is -3.02. The minimum Gasteiger partial charge on any atom is -0.346 e. The lowest BCUT2D eigenvalue weighted by Gasteiger charge is -2.13. The molecule has 6 heteroatoms. The lowest BCUT2D eigenvalue weighted by molar-refractivity contribution is 0.0944. The third-order valence-corrected chi connectivity index (χ3v) is 4.17. The Morgan fingerprint density at radius 1 is 1.19 bits per heavy atom. The molecule has 1 N–H and O–H groups in total. The third-order valence-electron chi connectivity index (χ3n) is 4.17. The molecule has 0 aliphatic rings. The van der Waals surface area contributed by atoms with Crippen molar-refractivity contribution in [1.29, 1.82) is 0 Å². The van der Waals surface area contributed by atoms with E-state index in [-0.39, 0.29) is 11.6 Å². The minimum atomic E-state index is -0.471. The fraction of sp³-hybridized carbons (Fsp3) is 0.300. The van der Waals surface area contributed by atoms with E-state index < -0.39 is 11.5 Å². The Labute approximate surface area is 151 Å². The topological polar surface area (TPSA) is 76.9 Å². The molecule has 0 spiro atoms. The predicted molar refractivity (Wildman–Crippen MR) is 101 cm³/mol. The second kappa shape index (κ2) is 7.47. The Kier molecular flexibility index (Phi) is 5.11. The second-order valence-corrected chi connectivity index (χ2v) is 6.73. The summed E-state index contributed by atoms with van der Waals surface area (Å²) in [5, 5.41) is 2.81. The number of hydrogen-bond donors (Lipinski definition) is 1. The summed E-state index contributed by atoms with van der Waals surface area (Å²) in [6.07, 6.45) is 1.62. The zero-order valence-electron chi connectivity index (χ0n) is 15.2. The van der Waals surface area contributed by atoms with Crippen LogP contribution in [-0.2, 0) is 13.1 Å². The van der Waals surface area contributed by atoms with Gasteiger partial charge in [0.25, 0.3) is 11.5 Å². The van der Waals surface area contributed by atoms with Crippen molar-refractivity contribution in [2.24, 2.45) is 5.92 Å². The number of carbonyl (C=O) groups excluding carboxylic acids is 1. The highest BCUT2D eigenvalue weighted by atomic mass is 16.2. The van der Waals surface area contributed by atoms with Crippen molar-refractivity contribution >= 4 is 17.1 Å². The maximum absolute atomic E-state index is 12.8. The van der Waals surface area contributed by atoms with E-state index in [4.69, 9.17) is 0 Å². The number of aryl methyl sites for hydroxylation is 1. The molecule has 0 aliphatic heterocycles. The van der Waals surface area contributed by atoms with E-state index in [9.17, 15) is 9.59 Å². The molecule has 0 bridgehead atoms. The van der Waals surface area contributed by atoms with Crippen LogP contribution in [0.2, 0.25) is 0 Å². The number of nitrogens with zero attached hydrogens (tertiary/aromatic N) is 3. The third kappa shape index (κ3) is 3.64. The average Bonchev–Trinajstić information content (AvgIpc) is 2.62. The van der Waals surface area contributed by atoms with Crippen LogP contribution in [0.1, 0.15) is 35.5 Å². The van der Waals surface area contributed by atoms with Crippen LogP contribution in [0, 0.1) is 12.8 Å². The van der Waals surface area contributed by atoms with Gasteiger partial charge in [-0.2, -0.15) is 0 Å². The zero-order valence-corrected chi connectivity index (χ0v) is 15.2. The van der Waals surface area contributed by atoms with Gasteiger partial charge in [0.2, 0.25) is 0 Å². The maximum atomic E-state index is 12.8. The normalized spacial score (nSPS) is 11.1. The summed E-state index contributed by atoms with van der Waals surface area (Å²) in [4.78, 5) is 34.0. The first kappa shape index (κ1) is 17.8. The van der Waals surface area contributed by atoms with Gasteiger partial charge >= 0.3 is 0 Å². The molecule has 2 aromatic heterocycles. The number of rotatable bonds is 5. The first-order chi connectivity index (χ1) is 12.5. The van der Waals surface area contributed by atoms with Crippen molar-refractivity contribution in [1.82, 2.24) is 19.9 Å². The van der Waals surface area contributed by atoms with Crippen LogP contribution in [0.25, 0.3) is 11.2 Å². The van der Waals surface area contributed by atoms with Crippen molar-refractivity contribution in [2.75, 3.05) is 0 Å². The number of amides is 1. The summed E-state index contributed by atoms with van der Waals surface area (Å²) in [6, 6.07) is 11.3. The number of nitrogens with one attached hydrogen (secondary N) is 1. The summed E-state index contributed by atoms with van der Waals surface area (Å²) in [5.41, 5.74) is 2.62. The van der Waals surface area contributed by atoms with Gasteiger partial charge in [-0.05, 0) is 36.1 Å². The zero-order chi connectivity index (χ0) is 18.7. The van der Waals surface area contributed by atoms with Gasteiger partial charge in [-0.15, -0.1) is 0 Å². The summed E-state index contributed by atoms with van der Waals surface area (Å²) < 4.78 is 1.54. The number of benzene rings is 1. The van der Waals surface area contributed by atoms with Gasteiger partial charge in [0.15, 0.2) is 11.3 Å². The molecule has 0 unspecified atom stereocenters. The highest BCUT2D eigenvalue weighted by molar-refractivity contribution is 5.93. The van der Waals surface area contributed by atoms with E-state index in [1.54, 1.807) is 18.3 Å². The lowest BCUT2D eigenvalue weighted by Crippen LogP contribution is -2.35. The number of aromatic nitrogens is 3. The highest BCUT2D eigenvalue weighted by Gasteiger charge is 2.18. The van der Waals surface area contributed by atoms with E-state index in [1.807, 2.05) is 45.0 Å². The lowest BCUT2D eigenvalue weighted by atomic mass is 10.1. The Balaban J connectivity index is 1.96. The Morgan fingerprint density at radius 3 is 2.69 bits per heavy atom. The van der Waals surface area contributed by atoms with Crippen LogP contribution in [0.3, 0.4) is 0 Å². The number of fused-ring (bicyclic) bond motifs is 1. The molecule has 0 saturated carbocycles. The van der Waals surface area contributed by atoms with Crippen LogP contribution < -0.4 is 10.9 Å². The van der Waals surface area contributed by atoms with Gasteiger partial charge in [-0.25, -0.2) is 9.97 Å². The van der Waals surface area contributed by atoms with Crippen LogP contribution in [0.5, 0.6) is 0 Å². The molecule has 2 heterocycles. The van der Waals surface area contributed by atoms with E-state index in [0.717, 1.165) is 11.1 Å². The number of carbonyl (C=O) groups is 1. The van der Waals surface area contributed by atoms with Gasteiger partial charge in [0, 0.05) is 19.3 Å². The smallest absolute Gasteiger partial charge is 0.283 e. The quantitative estimate of drug-likeness (QED) is 0.767. The van der Waals surface area contributed by atoms with E-state index in [2.05, 4.69) is 15.3 Å². The molecule has 26 heavy (non-hydrogen) atoms. The molecule has 1 amide bonds. The molecule has 3 rings (SSSR count). The fourth-order valence-electron chi connectivity index (χ4n) is 2.83. The summed E-state index contributed by atoms with van der Waals surface area (Å²) >= 11 is 0. The summed E-state index contributed by atoms with van der Waals surface area (Å²) in [5.74, 6) is -0.232. The first-order valence-corrected chi connectivity index (χ1v) is 8.65. The molecule has 3 aromatic rings. The van der Waals surface area contributed by atoms with E-state index in [0.29, 0.717) is 24.3 Å². The monoisotopic (exact) mass is 350 g/mol. The molecule has 0 fully saturated rings. The molecule has 1 aromatic carbocycles. The largest absolute Gasteiger partial charge is 0.346 e. The molecule has 6 nitrogen and oxygen atoms in total. The standard InChI is InChI=1S/C20H22N4O2/c1-13(2)12-24-18-16(9-6-10-21-18)23-17(20(24)26)19(25)22-11-15-8-5-4-7-14(15)3/h4-10,13H,11-12H2,1-3H3,(H,22,25). The Morgan fingerprint density at radius 2 is 1.96 bits per heavy atom. The summed E-state index contributed by atoms with van der Waals surface area (Å²) in [6.45, 7) is 6.84. The summed E-state index contributed by atoms with van der Waals surface area (Å²) in [7, 11) is 0. The van der Waals surface area contributed by atoms with Crippen molar-refractivity contribution in [3.8, 4) is 0 Å². The predicted octanol–water partition coefficient (Wildman–Crippen LogP) is 2.69. The van der Waals surface area contributed by atoms with Gasteiger partial charge in [0.05, 0.1) is 0 Å². The highest BCUT2D eigenvalue weighted by Crippen LogP contribution is 2.10. The van der Waals surface area contributed by atoms with Crippen molar-refractivity contribution in [3.05, 3.63) is 69.8 Å². The van der Waals surface area contributed by atoms with Gasteiger partial charge in [-0.3, -0.25) is 14.2 Å². The van der Waals surface area contributed by atoms with Crippen LogP contribution >= 0.6 is 0 Å². The van der Waals surface area contributed by atoms with E-state index >= 15 is 0 Å². The number of pyridine rings is 1. The van der Waals surface area contributed by atoms with Gasteiger partial charge < -0.3 is 5.32 Å². The van der Waals surface area contributed by atoms with Crippen molar-refractivity contribution in [3.63, 3.8) is 0 Å². The first-order valence-electron chi connectivity index (χ1n) is 8.65. The molecule has 0 aliphatic carbocycles. The number of hydrogen-bond acceptors (Lipinski definition) is 4. The van der Waals surface area contributed by atoms with Crippen LogP contribution in [0.4, 0.5) is 0 Å². The molecule has 0 radical (unpaired) electrons. The molecule has 0 atom stereocenters. The molecule has 134 valence electrons. The van der Waals surface area contributed by atoms with Crippen molar-refractivity contribution < 1.29 is 4.79 Å². The SMILES string of the molecule is Cc1ccccc1CNC(=O)c1nc2cccnc2n(CC(C)C)c1=O.